The second kappa shape index (κ2) is 4.18. The number of nitrogens with two attached hydrogens (primary N) is 1. The van der Waals surface area contributed by atoms with Gasteiger partial charge in [-0.25, -0.2) is 9.67 Å². The highest BCUT2D eigenvalue weighted by Crippen LogP contribution is 1.85. The van der Waals surface area contributed by atoms with Crippen LogP contribution in [0.3, 0.4) is 0 Å². The highest BCUT2D eigenvalue weighted by Gasteiger charge is 1.98. The third-order valence-electron chi connectivity index (χ3n) is 0.746. The Balaban J connectivity index is 0.000000217. The molecule has 0 unspecified atom stereocenters. The Morgan fingerprint density at radius 2 is 2.00 bits per heavy atom. The molecule has 12 heavy (non-hydrogen) atoms. The Morgan fingerprint density at radius 3 is 2.08 bits per heavy atom. The van der Waals surface area contributed by atoms with Crippen molar-refractivity contribution in [3.63, 3.8) is 0 Å². The Kier molecular flexibility index (Phi) is 3.86. The predicted molar refractivity (Wildman–Crippen MR) is 27.6 cm³/mol. The molecule has 0 bridgehead atoms. The molecule has 1 aromatic rings. The summed E-state index contributed by atoms with van der Waals surface area (Å²) in [5.41, 5.74) is 5.23. The maximum absolute atomic E-state index is 8.60. The molecule has 0 saturated carbocycles. The first-order valence-corrected chi connectivity index (χ1v) is 3.80. The Bertz CT molecular complexity index is 210. The van der Waals surface area contributed by atoms with E-state index in [0.717, 1.165) is 0 Å². The molecule has 0 radical (unpaired) electrons. The van der Waals surface area contributed by atoms with Crippen LogP contribution in [0, 0.1) is 10.2 Å². The molecule has 3 N–H and O–H groups in total. The van der Waals surface area contributed by atoms with Crippen LogP contribution in [0.4, 0.5) is 5.95 Å². The van der Waals surface area contributed by atoms with Gasteiger partial charge in [-0.2, -0.15) is 19.1 Å². The fourth-order valence-electron chi connectivity index (χ4n) is 0.305. The lowest BCUT2D eigenvalue weighted by Crippen LogP contribution is -2.58. The number of nitrogens with zero attached hydrogens (tertiary/aromatic N) is 3. The van der Waals surface area contributed by atoms with Crippen molar-refractivity contribution in [3.05, 3.63) is 6.33 Å². The maximum atomic E-state index is 8.60. The van der Waals surface area contributed by atoms with E-state index in [0.29, 0.717) is 5.95 Å². The first-order valence-electron chi connectivity index (χ1n) is 2.53. The molecule has 0 aromatic carbocycles. The van der Waals surface area contributed by atoms with Gasteiger partial charge in [0.05, 0.1) is 14.9 Å². The Labute approximate surface area is 69.6 Å². The Hall–Kier alpha value is -0.930. The van der Waals surface area contributed by atoms with Crippen LogP contribution >= 0.6 is 0 Å². The van der Waals surface area contributed by atoms with Gasteiger partial charge in [0.25, 0.3) is 0 Å². The molecule has 1 rings (SSSR count). The fourth-order valence-corrected chi connectivity index (χ4v) is 0.305. The van der Waals surface area contributed by atoms with Gasteiger partial charge in [0.1, 0.15) is 6.33 Å². The lowest BCUT2D eigenvalue weighted by atomic mass is 11.0. The SMILES string of the molecule is Cn1ncnc1N.[O-][Cl+3]([O-])([O-])O. The van der Waals surface area contributed by atoms with Crippen molar-refractivity contribution >= 4 is 5.95 Å². The molecule has 1 aromatic heterocycles. The van der Waals surface area contributed by atoms with Crippen molar-refractivity contribution < 1.29 is 28.9 Å². The average Bonchev–Trinajstić information content (AvgIpc) is 2.12. The van der Waals surface area contributed by atoms with E-state index in [1.807, 2.05) is 0 Å². The topological polar surface area (TPSA) is 146 Å². The second-order valence-corrected chi connectivity index (χ2v) is 2.43. The zero-order valence-electron chi connectivity index (χ0n) is 6.05. The first-order chi connectivity index (χ1) is 5.30. The van der Waals surface area contributed by atoms with E-state index in [4.69, 9.17) is 24.4 Å². The minimum Gasteiger partial charge on any atom is -0.368 e. The van der Waals surface area contributed by atoms with E-state index < -0.39 is 10.2 Å². The summed E-state index contributed by atoms with van der Waals surface area (Å²) in [6, 6.07) is 0. The summed E-state index contributed by atoms with van der Waals surface area (Å²) in [5.74, 6) is 0.444. The second-order valence-electron chi connectivity index (χ2n) is 1.64. The summed E-state index contributed by atoms with van der Waals surface area (Å²) in [7, 11) is -2.96. The number of halogens is 1. The molecule has 0 atom stereocenters. The molecule has 0 aliphatic carbocycles. The van der Waals surface area contributed by atoms with E-state index in [1.165, 1.54) is 11.0 Å². The van der Waals surface area contributed by atoms with Crippen molar-refractivity contribution in [1.82, 2.24) is 14.8 Å². The molecule has 9 heteroatoms. The molecule has 8 nitrogen and oxygen atoms in total. The highest BCUT2D eigenvalue weighted by atomic mass is 35.7. The van der Waals surface area contributed by atoms with Gasteiger partial charge in [-0.15, -0.1) is 0 Å². The minimum atomic E-state index is -4.69. The van der Waals surface area contributed by atoms with Gasteiger partial charge in [-0.3, -0.25) is 0 Å². The van der Waals surface area contributed by atoms with Crippen molar-refractivity contribution in [2.24, 2.45) is 7.05 Å². The summed E-state index contributed by atoms with van der Waals surface area (Å²) in [6.07, 6.45) is 1.41. The number of aromatic nitrogens is 3. The Morgan fingerprint density at radius 1 is 1.58 bits per heavy atom. The molecule has 1 heterocycles. The van der Waals surface area contributed by atoms with Gasteiger partial charge in [-0.1, -0.05) is 0 Å². The van der Waals surface area contributed by atoms with Gasteiger partial charge < -0.3 is 5.73 Å². The van der Waals surface area contributed by atoms with Gasteiger partial charge in [0, 0.05) is 7.05 Å². The molecule has 70 valence electrons. The third-order valence-corrected chi connectivity index (χ3v) is 0.746. The highest BCUT2D eigenvalue weighted by molar-refractivity contribution is 5.10. The molecule has 0 aliphatic rings. The predicted octanol–water partition coefficient (Wildman–Crippen LogP) is -4.73. The van der Waals surface area contributed by atoms with E-state index in [2.05, 4.69) is 10.1 Å². The zero-order chi connectivity index (χ0) is 9.78. The fraction of sp³-hybridized carbons (Fsp3) is 0.333. The maximum Gasteiger partial charge on any atom is 0.218 e. The molecule has 0 saturated heterocycles. The van der Waals surface area contributed by atoms with Crippen LogP contribution in [0.15, 0.2) is 6.33 Å². The quantitative estimate of drug-likeness (QED) is 0.426. The van der Waals surface area contributed by atoms with Crippen molar-refractivity contribution in [2.45, 2.75) is 0 Å². The summed E-state index contributed by atoms with van der Waals surface area (Å²) in [4.78, 5) is 3.65. The van der Waals surface area contributed by atoms with Gasteiger partial charge >= 0.3 is 0 Å². The standard InChI is InChI=1S/C3H6N4.ClHO4/c1-7-3(4)5-2-6-7;2-1(3,4)5/h2H,1H3,(H2,4,5,6);(H,2,3,4,5). The zero-order valence-corrected chi connectivity index (χ0v) is 6.80. The smallest absolute Gasteiger partial charge is 0.218 e. The van der Waals surface area contributed by atoms with Crippen molar-refractivity contribution in [2.75, 3.05) is 5.73 Å². The number of rotatable bonds is 0. The average molecular weight is 199 g/mol. The summed E-state index contributed by atoms with van der Waals surface area (Å²) >= 11 is 0. The van der Waals surface area contributed by atoms with Gasteiger partial charge in [0.2, 0.25) is 5.95 Å². The van der Waals surface area contributed by atoms with Crippen LogP contribution in [0.2, 0.25) is 0 Å². The molecule has 0 aliphatic heterocycles. The number of anilines is 1. The van der Waals surface area contributed by atoms with E-state index in [9.17, 15) is 0 Å². The van der Waals surface area contributed by atoms with Crippen LogP contribution in [-0.2, 0) is 7.05 Å². The number of hydrogen-bond acceptors (Lipinski definition) is 7. The van der Waals surface area contributed by atoms with Crippen LogP contribution in [-0.4, -0.2) is 19.4 Å². The van der Waals surface area contributed by atoms with Crippen LogP contribution in [0.25, 0.3) is 0 Å². The van der Waals surface area contributed by atoms with Crippen molar-refractivity contribution in [3.8, 4) is 0 Å². The lowest BCUT2D eigenvalue weighted by Gasteiger charge is -2.03. The molecule has 0 spiro atoms. The van der Waals surface area contributed by atoms with Crippen molar-refractivity contribution in [1.29, 1.82) is 0 Å². The molecule has 0 amide bonds. The van der Waals surface area contributed by atoms with E-state index in [1.54, 1.807) is 7.05 Å². The van der Waals surface area contributed by atoms with Gasteiger partial charge in [0.15, 0.2) is 0 Å². The molecule has 0 fully saturated rings. The number of hydrogen-bond donors (Lipinski definition) is 2. The number of nitrogen functional groups attached to an aromatic ring is 1. The molecular formula is C3H7ClN4O4. The summed E-state index contributed by atoms with van der Waals surface area (Å²) < 4.78 is 34.2. The lowest BCUT2D eigenvalue weighted by molar-refractivity contribution is -1.92. The minimum absolute atomic E-state index is 0.444. The van der Waals surface area contributed by atoms with Crippen LogP contribution in [0.1, 0.15) is 0 Å². The largest absolute Gasteiger partial charge is 0.368 e. The normalized spacial score (nSPS) is 10.4. The summed E-state index contributed by atoms with van der Waals surface area (Å²) in [6.45, 7) is 0. The third kappa shape index (κ3) is 7.18. The van der Waals surface area contributed by atoms with Crippen LogP contribution in [0.5, 0.6) is 0 Å². The van der Waals surface area contributed by atoms with E-state index in [-0.39, 0.29) is 0 Å². The monoisotopic (exact) mass is 198 g/mol. The van der Waals surface area contributed by atoms with Crippen LogP contribution < -0.4 is 19.7 Å². The van der Waals surface area contributed by atoms with Gasteiger partial charge in [-0.05, 0) is 0 Å². The number of aryl methyl sites for hydroxylation is 1. The summed E-state index contributed by atoms with van der Waals surface area (Å²) in [5, 5.41) is 3.70. The molecular weight excluding hydrogens is 192 g/mol. The first kappa shape index (κ1) is 11.1. The van der Waals surface area contributed by atoms with E-state index >= 15 is 0 Å².